The molecule has 4 heteroatoms. The highest BCUT2D eigenvalue weighted by Crippen LogP contribution is 2.25. The second kappa shape index (κ2) is 3.70. The van der Waals surface area contributed by atoms with Gasteiger partial charge in [0, 0.05) is 11.9 Å². The Morgan fingerprint density at radius 1 is 1.21 bits per heavy atom. The lowest BCUT2D eigenvalue weighted by Crippen LogP contribution is -2.20. The third kappa shape index (κ3) is 2.85. The van der Waals surface area contributed by atoms with Crippen molar-refractivity contribution in [1.82, 2.24) is 4.98 Å². The molecule has 1 nitrogen and oxygen atoms in total. The lowest BCUT2D eigenvalue weighted by atomic mass is 9.67. The average molecular weight is 201 g/mol. The van der Waals surface area contributed by atoms with E-state index >= 15 is 0 Å². The van der Waals surface area contributed by atoms with E-state index in [-0.39, 0.29) is 5.41 Å². The Bertz CT molecular complexity index is 275. The van der Waals surface area contributed by atoms with Crippen LogP contribution in [-0.2, 0) is 10.4 Å². The van der Waals surface area contributed by atoms with E-state index in [0.717, 1.165) is 0 Å². The summed E-state index contributed by atoms with van der Waals surface area (Å²) < 4.78 is 0. The predicted octanol–water partition coefficient (Wildman–Crippen LogP) is 1.70. The summed E-state index contributed by atoms with van der Waals surface area (Å²) in [6.45, 7) is 6.42. The van der Waals surface area contributed by atoms with Gasteiger partial charge in [-0.1, -0.05) is 26.8 Å². The molecule has 1 rings (SSSR count). The van der Waals surface area contributed by atoms with Crippen LogP contribution in [0.4, 0.5) is 0 Å². The molecule has 0 spiro atoms. The molecular formula is C10H14B2NP. The van der Waals surface area contributed by atoms with Crippen molar-refractivity contribution < 1.29 is 0 Å². The molecule has 1 atom stereocenters. The van der Waals surface area contributed by atoms with E-state index in [1.165, 1.54) is 5.56 Å². The van der Waals surface area contributed by atoms with Gasteiger partial charge in [-0.05, 0) is 22.0 Å². The van der Waals surface area contributed by atoms with Crippen LogP contribution in [0.15, 0.2) is 18.3 Å². The minimum absolute atomic E-state index is 0.109. The van der Waals surface area contributed by atoms with Crippen molar-refractivity contribution in [3.05, 3.63) is 29.6 Å². The molecular weight excluding hydrogens is 187 g/mol. The molecule has 4 radical (unpaired) electrons. The van der Waals surface area contributed by atoms with Crippen molar-refractivity contribution >= 4 is 24.9 Å². The van der Waals surface area contributed by atoms with E-state index in [1.807, 2.05) is 18.3 Å². The fourth-order valence-corrected chi connectivity index (χ4v) is 1.26. The van der Waals surface area contributed by atoms with E-state index in [1.54, 1.807) is 0 Å². The smallest absolute Gasteiger partial charge is 0.0759 e. The maximum atomic E-state index is 5.69. The Morgan fingerprint density at radius 2 is 1.79 bits per heavy atom. The molecule has 0 amide bonds. The first-order chi connectivity index (χ1) is 6.21. The monoisotopic (exact) mass is 201 g/mol. The molecule has 0 aliphatic heterocycles. The van der Waals surface area contributed by atoms with Crippen LogP contribution in [0.2, 0.25) is 0 Å². The summed E-state index contributed by atoms with van der Waals surface area (Å²) in [7, 11) is 13.8. The van der Waals surface area contributed by atoms with E-state index in [2.05, 4.69) is 35.0 Å². The van der Waals surface area contributed by atoms with Gasteiger partial charge in [0.1, 0.15) is 0 Å². The van der Waals surface area contributed by atoms with Crippen molar-refractivity contribution in [2.45, 2.75) is 31.1 Å². The Balaban J connectivity index is 3.02. The number of rotatable bonds is 1. The van der Waals surface area contributed by atoms with Crippen molar-refractivity contribution in [1.29, 1.82) is 0 Å². The van der Waals surface area contributed by atoms with Crippen LogP contribution < -0.4 is 0 Å². The normalized spacial score (nSPS) is 12.9. The van der Waals surface area contributed by atoms with Gasteiger partial charge in [0.2, 0.25) is 0 Å². The molecule has 14 heavy (non-hydrogen) atoms. The van der Waals surface area contributed by atoms with Crippen LogP contribution in [-0.4, -0.2) is 20.7 Å². The quantitative estimate of drug-likeness (QED) is 0.497. The van der Waals surface area contributed by atoms with Crippen LogP contribution in [0.1, 0.15) is 32.0 Å². The number of pyridine rings is 1. The van der Waals surface area contributed by atoms with Crippen LogP contribution in [0.25, 0.3) is 0 Å². The summed E-state index contributed by atoms with van der Waals surface area (Å²) in [5.41, 5.74) is 1.96. The second-order valence-corrected chi connectivity index (χ2v) is 5.57. The predicted molar refractivity (Wildman–Crippen MR) is 65.8 cm³/mol. The summed E-state index contributed by atoms with van der Waals surface area (Å²) in [6, 6.07) is 3.88. The molecule has 1 aromatic heterocycles. The van der Waals surface area contributed by atoms with E-state index in [9.17, 15) is 0 Å². The van der Waals surface area contributed by atoms with Gasteiger partial charge in [0.05, 0.1) is 15.7 Å². The topological polar surface area (TPSA) is 12.9 Å². The van der Waals surface area contributed by atoms with Crippen molar-refractivity contribution in [2.24, 2.45) is 0 Å². The first-order valence-corrected chi connectivity index (χ1v) is 5.12. The first kappa shape index (κ1) is 11.8. The van der Waals surface area contributed by atoms with E-state index in [4.69, 9.17) is 15.7 Å². The molecule has 1 heterocycles. The fraction of sp³-hybridized carbons (Fsp3) is 0.500. The van der Waals surface area contributed by atoms with Gasteiger partial charge in [-0.2, -0.15) is 0 Å². The second-order valence-electron chi connectivity index (χ2n) is 4.62. The number of hydrogen-bond donors (Lipinski definition) is 0. The Morgan fingerprint density at radius 3 is 2.07 bits per heavy atom. The Kier molecular flexibility index (Phi) is 3.11. The molecule has 0 N–H and O–H groups in total. The van der Waals surface area contributed by atoms with Gasteiger partial charge in [0.15, 0.2) is 0 Å². The third-order valence-corrected chi connectivity index (χ3v) is 2.37. The number of aromatic nitrogens is 1. The van der Waals surface area contributed by atoms with Crippen molar-refractivity contribution in [2.75, 3.05) is 0 Å². The highest BCUT2D eigenvalue weighted by molar-refractivity contribution is 7.25. The molecule has 0 saturated heterocycles. The van der Waals surface area contributed by atoms with Gasteiger partial charge >= 0.3 is 0 Å². The average Bonchev–Trinajstić information content (AvgIpc) is 2.01. The van der Waals surface area contributed by atoms with Gasteiger partial charge < -0.3 is 0 Å². The lowest BCUT2D eigenvalue weighted by molar-refractivity contribution is 0.586. The molecule has 70 valence electrons. The summed E-state index contributed by atoms with van der Waals surface area (Å²) in [4.78, 5) is 3.31. The van der Waals surface area contributed by atoms with Crippen LogP contribution in [0, 0.1) is 0 Å². The van der Waals surface area contributed by atoms with Gasteiger partial charge in [0.25, 0.3) is 0 Å². The van der Waals surface area contributed by atoms with E-state index in [0.29, 0.717) is 5.69 Å². The fourth-order valence-electron chi connectivity index (χ4n) is 1.09. The largest absolute Gasteiger partial charge is 0.262 e. The minimum Gasteiger partial charge on any atom is -0.262 e. The van der Waals surface area contributed by atoms with Gasteiger partial charge in [-0.15, -0.1) is 9.24 Å². The number of hydrogen-bond acceptors (Lipinski definition) is 1. The zero-order valence-electron chi connectivity index (χ0n) is 8.91. The summed E-state index contributed by atoms with van der Waals surface area (Å²) in [5.74, 6) is 0. The van der Waals surface area contributed by atoms with Gasteiger partial charge in [-0.25, -0.2) is 0 Å². The van der Waals surface area contributed by atoms with Crippen LogP contribution in [0.5, 0.6) is 0 Å². The van der Waals surface area contributed by atoms with Crippen LogP contribution >= 0.6 is 9.24 Å². The molecule has 0 aliphatic carbocycles. The van der Waals surface area contributed by atoms with Crippen molar-refractivity contribution in [3.63, 3.8) is 0 Å². The summed E-state index contributed by atoms with van der Waals surface area (Å²) in [6.07, 6.45) is 1.83. The first-order valence-electron chi connectivity index (χ1n) is 4.55. The zero-order valence-corrected chi connectivity index (χ0v) is 10.1. The highest BCUT2D eigenvalue weighted by atomic mass is 31.0. The molecule has 0 saturated carbocycles. The zero-order chi connectivity index (χ0) is 11.0. The standard InChI is InChI=1S/C10H14B2NP/c1-9(2,3)7-4-5-8(13-6-7)10(11,12)14/h4-6H,14H2,1-3H3. The summed E-state index contributed by atoms with van der Waals surface area (Å²) >= 11 is 0. The SMILES string of the molecule is [B]C([B])(P)c1ccc(C(C)(C)C)cn1. The van der Waals surface area contributed by atoms with Crippen molar-refractivity contribution in [3.8, 4) is 0 Å². The molecule has 0 bridgehead atoms. The van der Waals surface area contributed by atoms with E-state index < -0.39 is 4.95 Å². The summed E-state index contributed by atoms with van der Waals surface area (Å²) in [5, 5.41) is 0. The maximum absolute atomic E-state index is 5.69. The molecule has 0 fully saturated rings. The highest BCUT2D eigenvalue weighted by Gasteiger charge is 2.17. The van der Waals surface area contributed by atoms with Crippen LogP contribution in [0.3, 0.4) is 0 Å². The minimum atomic E-state index is -0.934. The lowest BCUT2D eigenvalue weighted by Gasteiger charge is -2.22. The Hall–Kier alpha value is -0.290. The van der Waals surface area contributed by atoms with Gasteiger partial charge in [-0.3, -0.25) is 4.98 Å². The molecule has 1 aromatic rings. The maximum Gasteiger partial charge on any atom is 0.0759 e. The third-order valence-electron chi connectivity index (χ3n) is 2.07. The Labute approximate surface area is 91.1 Å². The number of nitrogens with zero attached hydrogens (tertiary/aromatic N) is 1. The molecule has 0 aliphatic rings. The molecule has 1 unspecified atom stereocenters. The molecule has 0 aromatic carbocycles.